The summed E-state index contributed by atoms with van der Waals surface area (Å²) in [5.41, 5.74) is 0.994. The number of fused-ring (bicyclic) bond motifs is 1. The van der Waals surface area contributed by atoms with Gasteiger partial charge in [-0.25, -0.2) is 14.8 Å². The van der Waals surface area contributed by atoms with Gasteiger partial charge in [0.15, 0.2) is 5.65 Å². The summed E-state index contributed by atoms with van der Waals surface area (Å²) in [5, 5.41) is 1.32. The summed E-state index contributed by atoms with van der Waals surface area (Å²) in [5.74, 6) is 0.378. The molecule has 1 fully saturated rings. The van der Waals surface area contributed by atoms with E-state index in [1.54, 1.807) is 19.1 Å². The molecule has 0 radical (unpaired) electrons. The van der Waals surface area contributed by atoms with Gasteiger partial charge < -0.3 is 9.64 Å². The van der Waals surface area contributed by atoms with Gasteiger partial charge in [-0.3, -0.25) is 0 Å². The van der Waals surface area contributed by atoms with E-state index in [1.807, 2.05) is 0 Å². The van der Waals surface area contributed by atoms with E-state index in [-0.39, 0.29) is 5.97 Å². The van der Waals surface area contributed by atoms with Crippen molar-refractivity contribution in [2.24, 2.45) is 0 Å². The van der Waals surface area contributed by atoms with Crippen LogP contribution in [0.5, 0.6) is 0 Å². The predicted molar refractivity (Wildman–Crippen MR) is 81.9 cm³/mol. The molecule has 1 saturated heterocycles. The van der Waals surface area contributed by atoms with E-state index in [4.69, 9.17) is 16.3 Å². The Hall–Kier alpha value is -1.88. The number of rotatable bonds is 3. The molecule has 0 spiro atoms. The Morgan fingerprint density at radius 1 is 1.52 bits per heavy atom. The molecule has 21 heavy (non-hydrogen) atoms. The van der Waals surface area contributed by atoms with Gasteiger partial charge in [0.25, 0.3) is 0 Å². The van der Waals surface area contributed by atoms with Gasteiger partial charge in [-0.2, -0.15) is 0 Å². The van der Waals surface area contributed by atoms with E-state index in [0.717, 1.165) is 24.2 Å². The maximum absolute atomic E-state index is 11.7. The summed E-state index contributed by atoms with van der Waals surface area (Å²) < 4.78 is 4.97. The first-order valence-electron chi connectivity index (χ1n) is 7.00. The highest BCUT2D eigenvalue weighted by Crippen LogP contribution is 2.32. The molecule has 0 saturated carbocycles. The van der Waals surface area contributed by atoms with Crippen molar-refractivity contribution in [2.45, 2.75) is 26.3 Å². The molecule has 2 aromatic heterocycles. The molecule has 1 aliphatic rings. The summed E-state index contributed by atoms with van der Waals surface area (Å²) >= 11 is 6.32. The number of ether oxygens (including phenoxy) is 1. The fourth-order valence-corrected chi connectivity index (χ4v) is 2.66. The predicted octanol–water partition coefficient (Wildman–Crippen LogP) is 3.06. The Bertz CT molecular complexity index is 705. The lowest BCUT2D eigenvalue weighted by atomic mass is 10.1. The first kappa shape index (κ1) is 14.1. The molecule has 110 valence electrons. The Kier molecular flexibility index (Phi) is 3.68. The zero-order valence-electron chi connectivity index (χ0n) is 12.0. The molecular formula is C15H16ClN3O2. The molecule has 1 aliphatic heterocycles. The first-order valence-corrected chi connectivity index (χ1v) is 7.38. The maximum Gasteiger partial charge on any atom is 0.339 e. The van der Waals surface area contributed by atoms with Crippen molar-refractivity contribution < 1.29 is 9.53 Å². The van der Waals surface area contributed by atoms with Gasteiger partial charge >= 0.3 is 5.97 Å². The summed E-state index contributed by atoms with van der Waals surface area (Å²) in [6.07, 6.45) is 2.63. The number of hydrogen-bond acceptors (Lipinski definition) is 5. The molecule has 0 aromatic carbocycles. The second-order valence-electron chi connectivity index (χ2n) is 5.12. The summed E-state index contributed by atoms with van der Waals surface area (Å²) in [7, 11) is 0. The van der Waals surface area contributed by atoms with E-state index in [2.05, 4.69) is 21.8 Å². The summed E-state index contributed by atoms with van der Waals surface area (Å²) in [4.78, 5) is 22.7. The van der Waals surface area contributed by atoms with Crippen molar-refractivity contribution in [2.75, 3.05) is 18.1 Å². The zero-order valence-corrected chi connectivity index (χ0v) is 12.7. The second-order valence-corrected chi connectivity index (χ2v) is 5.52. The van der Waals surface area contributed by atoms with Gasteiger partial charge in [-0.1, -0.05) is 11.6 Å². The normalized spacial score (nSPS) is 17.7. The number of hydrogen-bond donors (Lipinski definition) is 0. The average Bonchev–Trinajstić information content (AvgIpc) is 2.46. The van der Waals surface area contributed by atoms with Crippen LogP contribution in [0.3, 0.4) is 0 Å². The van der Waals surface area contributed by atoms with Crippen molar-refractivity contribution in [3.05, 3.63) is 28.9 Å². The van der Waals surface area contributed by atoms with Crippen LogP contribution in [-0.4, -0.2) is 35.1 Å². The van der Waals surface area contributed by atoms with Crippen LogP contribution in [-0.2, 0) is 4.74 Å². The molecule has 5 nitrogen and oxygen atoms in total. The Balaban J connectivity index is 2.00. The molecule has 3 rings (SSSR count). The fraction of sp³-hybridized carbons (Fsp3) is 0.400. The van der Waals surface area contributed by atoms with Crippen LogP contribution >= 0.6 is 11.6 Å². The van der Waals surface area contributed by atoms with E-state index >= 15 is 0 Å². The summed E-state index contributed by atoms with van der Waals surface area (Å²) in [6, 6.07) is 3.97. The van der Waals surface area contributed by atoms with Gasteiger partial charge in [-0.15, -0.1) is 0 Å². The molecule has 0 aliphatic carbocycles. The van der Waals surface area contributed by atoms with Crippen LogP contribution in [0.4, 0.5) is 5.82 Å². The van der Waals surface area contributed by atoms with Crippen LogP contribution in [0.15, 0.2) is 18.3 Å². The van der Waals surface area contributed by atoms with Gasteiger partial charge in [0.1, 0.15) is 5.82 Å². The van der Waals surface area contributed by atoms with Crippen molar-refractivity contribution >= 4 is 34.4 Å². The van der Waals surface area contributed by atoms with Gasteiger partial charge in [-0.05, 0) is 32.4 Å². The second kappa shape index (κ2) is 5.48. The molecular weight excluding hydrogens is 290 g/mol. The Labute approximate surface area is 127 Å². The lowest BCUT2D eigenvalue weighted by Crippen LogP contribution is -2.46. The first-order chi connectivity index (χ1) is 10.1. The monoisotopic (exact) mass is 305 g/mol. The molecule has 1 unspecified atom stereocenters. The largest absolute Gasteiger partial charge is 0.462 e. The minimum absolute atomic E-state index is 0.335. The van der Waals surface area contributed by atoms with E-state index in [1.165, 1.54) is 6.20 Å². The average molecular weight is 306 g/mol. The molecule has 0 bridgehead atoms. The van der Waals surface area contributed by atoms with Crippen LogP contribution in [0.1, 0.15) is 30.6 Å². The standard InChI is InChI=1S/C15H16ClN3O2/c1-3-21-15(20)11-6-10-7-12(16)14(18-13(10)17-8-11)19-5-4-9(19)2/h6-9H,3-5H2,1-2H3. The molecule has 3 heterocycles. The smallest absolute Gasteiger partial charge is 0.339 e. The van der Waals surface area contributed by atoms with Gasteiger partial charge in [0.2, 0.25) is 0 Å². The molecule has 0 N–H and O–H groups in total. The van der Waals surface area contributed by atoms with Crippen molar-refractivity contribution in [1.82, 2.24) is 9.97 Å². The van der Waals surface area contributed by atoms with E-state index in [0.29, 0.717) is 28.9 Å². The third-order valence-electron chi connectivity index (χ3n) is 3.71. The lowest BCUT2D eigenvalue weighted by Gasteiger charge is -2.40. The number of pyridine rings is 2. The van der Waals surface area contributed by atoms with Crippen molar-refractivity contribution in [3.63, 3.8) is 0 Å². The minimum atomic E-state index is -0.386. The highest BCUT2D eigenvalue weighted by Gasteiger charge is 2.27. The molecule has 2 aromatic rings. The Morgan fingerprint density at radius 2 is 2.33 bits per heavy atom. The topological polar surface area (TPSA) is 55.3 Å². The number of aromatic nitrogens is 2. The van der Waals surface area contributed by atoms with Crippen LogP contribution in [0.2, 0.25) is 5.02 Å². The number of carbonyl (C=O) groups is 1. The third kappa shape index (κ3) is 2.53. The van der Waals surface area contributed by atoms with Gasteiger partial charge in [0, 0.05) is 24.2 Å². The van der Waals surface area contributed by atoms with E-state index < -0.39 is 0 Å². The quantitative estimate of drug-likeness (QED) is 0.816. The van der Waals surface area contributed by atoms with Crippen molar-refractivity contribution in [1.29, 1.82) is 0 Å². The van der Waals surface area contributed by atoms with E-state index in [9.17, 15) is 4.79 Å². The maximum atomic E-state index is 11.7. The molecule has 0 amide bonds. The zero-order chi connectivity index (χ0) is 15.0. The summed E-state index contributed by atoms with van der Waals surface area (Å²) in [6.45, 7) is 5.20. The fourth-order valence-electron chi connectivity index (χ4n) is 2.39. The lowest BCUT2D eigenvalue weighted by molar-refractivity contribution is 0.0526. The van der Waals surface area contributed by atoms with Crippen molar-refractivity contribution in [3.8, 4) is 0 Å². The highest BCUT2D eigenvalue weighted by atomic mass is 35.5. The van der Waals surface area contributed by atoms with Crippen LogP contribution < -0.4 is 4.90 Å². The third-order valence-corrected chi connectivity index (χ3v) is 3.98. The number of esters is 1. The number of nitrogens with zero attached hydrogens (tertiary/aromatic N) is 3. The van der Waals surface area contributed by atoms with Crippen LogP contribution in [0, 0.1) is 0 Å². The number of carbonyl (C=O) groups excluding carboxylic acids is 1. The molecule has 1 atom stereocenters. The number of halogens is 1. The SMILES string of the molecule is CCOC(=O)c1cnc2nc(N3CCC3C)c(Cl)cc2c1. The number of anilines is 1. The highest BCUT2D eigenvalue weighted by molar-refractivity contribution is 6.33. The van der Waals surface area contributed by atoms with Crippen LogP contribution in [0.25, 0.3) is 11.0 Å². The minimum Gasteiger partial charge on any atom is -0.462 e. The van der Waals surface area contributed by atoms with Gasteiger partial charge in [0.05, 0.1) is 17.2 Å². The Morgan fingerprint density at radius 3 is 2.95 bits per heavy atom. The molecule has 6 heteroatoms.